The van der Waals surface area contributed by atoms with Gasteiger partial charge in [0.15, 0.2) is 0 Å². The Morgan fingerprint density at radius 3 is 2.06 bits per heavy atom. The fourth-order valence-electron chi connectivity index (χ4n) is 2.53. The van der Waals surface area contributed by atoms with Gasteiger partial charge in [-0.15, -0.1) is 0 Å². The van der Waals surface area contributed by atoms with Gasteiger partial charge in [0.05, 0.1) is 0 Å². The minimum absolute atomic E-state index is 0.188. The summed E-state index contributed by atoms with van der Waals surface area (Å²) in [5.74, 6) is 0.458. The summed E-state index contributed by atoms with van der Waals surface area (Å²) in [6, 6.07) is 15.3. The van der Waals surface area contributed by atoms with Gasteiger partial charge >= 0.3 is 0 Å². The lowest BCUT2D eigenvalue weighted by Gasteiger charge is -2.09. The van der Waals surface area contributed by atoms with Crippen molar-refractivity contribution in [2.45, 2.75) is 12.3 Å². The van der Waals surface area contributed by atoms with Gasteiger partial charge < -0.3 is 5.32 Å². The first-order valence-electron chi connectivity index (χ1n) is 6.39. The molecular formula is C16H16FN. The second-order valence-electron chi connectivity index (χ2n) is 4.82. The zero-order chi connectivity index (χ0) is 12.4. The van der Waals surface area contributed by atoms with E-state index in [0.29, 0.717) is 5.92 Å². The largest absolute Gasteiger partial charge is 0.316 e. The Kier molecular flexibility index (Phi) is 3.11. The molecule has 1 aliphatic rings. The zero-order valence-corrected chi connectivity index (χ0v) is 10.2. The Labute approximate surface area is 107 Å². The van der Waals surface area contributed by atoms with Crippen LogP contribution in [0.1, 0.15) is 17.9 Å². The van der Waals surface area contributed by atoms with Crippen LogP contribution in [0.4, 0.5) is 4.39 Å². The molecule has 0 saturated carbocycles. The highest BCUT2D eigenvalue weighted by atomic mass is 19.1. The third-order valence-electron chi connectivity index (χ3n) is 3.62. The minimum Gasteiger partial charge on any atom is -0.316 e. The topological polar surface area (TPSA) is 12.0 Å². The molecule has 2 heteroatoms. The Balaban J connectivity index is 1.84. The van der Waals surface area contributed by atoms with Gasteiger partial charge in [-0.05, 0) is 47.7 Å². The molecule has 1 heterocycles. The maximum Gasteiger partial charge on any atom is 0.123 e. The lowest BCUT2D eigenvalue weighted by molar-refractivity contribution is 0.628. The van der Waals surface area contributed by atoms with Crippen LogP contribution in [-0.4, -0.2) is 13.1 Å². The first-order valence-corrected chi connectivity index (χ1v) is 6.39. The van der Waals surface area contributed by atoms with Crippen LogP contribution in [0.15, 0.2) is 48.5 Å². The molecule has 0 radical (unpaired) electrons. The molecule has 0 bridgehead atoms. The van der Waals surface area contributed by atoms with E-state index in [1.54, 1.807) is 0 Å². The summed E-state index contributed by atoms with van der Waals surface area (Å²) in [6.07, 6.45) is 1.22. The summed E-state index contributed by atoms with van der Waals surface area (Å²) in [5.41, 5.74) is 3.60. The standard InChI is InChI=1S/C16H16FN/c17-16-7-5-13(6-8-16)12-1-3-14(4-2-12)15-9-10-18-11-15/h1-8,15,18H,9-11H2. The van der Waals surface area contributed by atoms with E-state index in [9.17, 15) is 4.39 Å². The predicted molar refractivity (Wildman–Crippen MR) is 72.1 cm³/mol. The Hall–Kier alpha value is -1.67. The monoisotopic (exact) mass is 241 g/mol. The molecule has 2 aromatic carbocycles. The van der Waals surface area contributed by atoms with Crippen LogP contribution in [0, 0.1) is 5.82 Å². The van der Waals surface area contributed by atoms with Crippen molar-refractivity contribution in [3.8, 4) is 11.1 Å². The summed E-state index contributed by atoms with van der Waals surface area (Å²) >= 11 is 0. The van der Waals surface area contributed by atoms with E-state index < -0.39 is 0 Å². The van der Waals surface area contributed by atoms with E-state index in [-0.39, 0.29) is 5.82 Å². The summed E-state index contributed by atoms with van der Waals surface area (Å²) in [4.78, 5) is 0. The first-order chi connectivity index (χ1) is 8.83. The molecule has 1 unspecified atom stereocenters. The van der Waals surface area contributed by atoms with E-state index in [4.69, 9.17) is 0 Å². The third-order valence-corrected chi connectivity index (χ3v) is 3.62. The predicted octanol–water partition coefficient (Wildman–Crippen LogP) is 3.57. The van der Waals surface area contributed by atoms with Gasteiger partial charge in [-0.3, -0.25) is 0 Å². The van der Waals surface area contributed by atoms with Crippen molar-refractivity contribution in [1.29, 1.82) is 0 Å². The summed E-state index contributed by atoms with van der Waals surface area (Å²) in [6.45, 7) is 2.19. The van der Waals surface area contributed by atoms with Gasteiger partial charge in [-0.1, -0.05) is 36.4 Å². The van der Waals surface area contributed by atoms with Crippen LogP contribution in [0.25, 0.3) is 11.1 Å². The van der Waals surface area contributed by atoms with Crippen molar-refractivity contribution >= 4 is 0 Å². The van der Waals surface area contributed by atoms with Gasteiger partial charge in [0.1, 0.15) is 5.82 Å². The minimum atomic E-state index is -0.188. The van der Waals surface area contributed by atoms with Crippen LogP contribution >= 0.6 is 0 Å². The number of halogens is 1. The summed E-state index contributed by atoms with van der Waals surface area (Å²) < 4.78 is 12.9. The van der Waals surface area contributed by atoms with Crippen molar-refractivity contribution in [2.75, 3.05) is 13.1 Å². The molecule has 2 aromatic rings. The van der Waals surface area contributed by atoms with Crippen molar-refractivity contribution in [1.82, 2.24) is 5.32 Å². The molecule has 1 N–H and O–H groups in total. The summed E-state index contributed by atoms with van der Waals surface area (Å²) in [5, 5.41) is 3.38. The van der Waals surface area contributed by atoms with Gasteiger partial charge in [0.25, 0.3) is 0 Å². The fraction of sp³-hybridized carbons (Fsp3) is 0.250. The average molecular weight is 241 g/mol. The Bertz CT molecular complexity index is 510. The molecule has 1 aliphatic heterocycles. The number of hydrogen-bond donors (Lipinski definition) is 1. The Morgan fingerprint density at radius 1 is 0.889 bits per heavy atom. The fourth-order valence-corrected chi connectivity index (χ4v) is 2.53. The maximum absolute atomic E-state index is 12.9. The van der Waals surface area contributed by atoms with Crippen molar-refractivity contribution in [3.05, 3.63) is 59.9 Å². The second kappa shape index (κ2) is 4.91. The third kappa shape index (κ3) is 2.29. The van der Waals surface area contributed by atoms with E-state index >= 15 is 0 Å². The average Bonchev–Trinajstić information content (AvgIpc) is 2.94. The number of rotatable bonds is 2. The molecular weight excluding hydrogens is 225 g/mol. The second-order valence-corrected chi connectivity index (χ2v) is 4.82. The zero-order valence-electron chi connectivity index (χ0n) is 10.2. The lowest BCUT2D eigenvalue weighted by atomic mass is 9.96. The maximum atomic E-state index is 12.9. The normalized spacial score (nSPS) is 19.1. The molecule has 0 aromatic heterocycles. The molecule has 1 fully saturated rings. The number of benzene rings is 2. The van der Waals surface area contributed by atoms with Crippen LogP contribution in [0.3, 0.4) is 0 Å². The van der Waals surface area contributed by atoms with Crippen molar-refractivity contribution in [3.63, 3.8) is 0 Å². The first kappa shape index (κ1) is 11.4. The van der Waals surface area contributed by atoms with Crippen LogP contribution < -0.4 is 5.32 Å². The number of hydrogen-bond acceptors (Lipinski definition) is 1. The molecule has 18 heavy (non-hydrogen) atoms. The van der Waals surface area contributed by atoms with Crippen LogP contribution in [0.2, 0.25) is 0 Å². The molecule has 0 amide bonds. The van der Waals surface area contributed by atoms with Crippen LogP contribution in [-0.2, 0) is 0 Å². The van der Waals surface area contributed by atoms with E-state index in [0.717, 1.165) is 24.2 Å². The van der Waals surface area contributed by atoms with Gasteiger partial charge in [-0.2, -0.15) is 0 Å². The van der Waals surface area contributed by atoms with Gasteiger partial charge in [-0.25, -0.2) is 4.39 Å². The summed E-state index contributed by atoms with van der Waals surface area (Å²) in [7, 11) is 0. The van der Waals surface area contributed by atoms with Crippen LogP contribution in [0.5, 0.6) is 0 Å². The van der Waals surface area contributed by atoms with Crippen molar-refractivity contribution < 1.29 is 4.39 Å². The number of nitrogens with one attached hydrogen (secondary N) is 1. The van der Waals surface area contributed by atoms with Gasteiger partial charge in [0.2, 0.25) is 0 Å². The highest BCUT2D eigenvalue weighted by molar-refractivity contribution is 5.63. The SMILES string of the molecule is Fc1ccc(-c2ccc(C3CCNC3)cc2)cc1. The van der Waals surface area contributed by atoms with E-state index in [1.165, 1.54) is 24.1 Å². The molecule has 0 aliphatic carbocycles. The molecule has 1 nitrogen and oxygen atoms in total. The lowest BCUT2D eigenvalue weighted by Crippen LogP contribution is -2.07. The molecule has 0 spiro atoms. The molecule has 3 rings (SSSR count). The van der Waals surface area contributed by atoms with Crippen molar-refractivity contribution in [2.24, 2.45) is 0 Å². The smallest absolute Gasteiger partial charge is 0.123 e. The van der Waals surface area contributed by atoms with E-state index in [2.05, 4.69) is 29.6 Å². The molecule has 1 saturated heterocycles. The van der Waals surface area contributed by atoms with E-state index in [1.807, 2.05) is 12.1 Å². The highest BCUT2D eigenvalue weighted by Gasteiger charge is 2.16. The Morgan fingerprint density at radius 2 is 1.50 bits per heavy atom. The molecule has 92 valence electrons. The highest BCUT2D eigenvalue weighted by Crippen LogP contribution is 2.26. The molecule has 1 atom stereocenters. The quantitative estimate of drug-likeness (QED) is 0.847. The van der Waals surface area contributed by atoms with Gasteiger partial charge in [0, 0.05) is 6.54 Å².